The molecule has 3 heteroatoms. The van der Waals surface area contributed by atoms with Crippen LogP contribution in [0.15, 0.2) is 0 Å². The standard InChI is InChI=1S/C14H28N2O/c1-15-11-7-3-5-9-13(11)17-14-10-6-4-8-12(14)16-2/h11-16H,3-10H2,1-2H3. The van der Waals surface area contributed by atoms with Crippen molar-refractivity contribution in [3.8, 4) is 0 Å². The Hall–Kier alpha value is -0.120. The summed E-state index contributed by atoms with van der Waals surface area (Å²) >= 11 is 0. The van der Waals surface area contributed by atoms with Crippen LogP contribution in [0.1, 0.15) is 51.4 Å². The van der Waals surface area contributed by atoms with E-state index in [0.717, 1.165) is 0 Å². The van der Waals surface area contributed by atoms with E-state index >= 15 is 0 Å². The van der Waals surface area contributed by atoms with E-state index in [-0.39, 0.29) is 0 Å². The average molecular weight is 240 g/mol. The molecule has 0 bridgehead atoms. The summed E-state index contributed by atoms with van der Waals surface area (Å²) < 4.78 is 6.41. The number of ether oxygens (including phenoxy) is 1. The van der Waals surface area contributed by atoms with E-state index < -0.39 is 0 Å². The molecule has 0 aromatic carbocycles. The molecule has 2 saturated carbocycles. The lowest BCUT2D eigenvalue weighted by molar-refractivity contribution is -0.0716. The topological polar surface area (TPSA) is 33.3 Å². The van der Waals surface area contributed by atoms with E-state index in [2.05, 4.69) is 24.7 Å². The van der Waals surface area contributed by atoms with E-state index in [1.54, 1.807) is 0 Å². The zero-order valence-corrected chi connectivity index (χ0v) is 11.4. The van der Waals surface area contributed by atoms with Crippen LogP contribution in [0.25, 0.3) is 0 Å². The van der Waals surface area contributed by atoms with Gasteiger partial charge in [-0.1, -0.05) is 25.7 Å². The van der Waals surface area contributed by atoms with Gasteiger partial charge in [-0.25, -0.2) is 0 Å². The van der Waals surface area contributed by atoms with Crippen molar-refractivity contribution < 1.29 is 4.74 Å². The summed E-state index contributed by atoms with van der Waals surface area (Å²) in [4.78, 5) is 0. The number of rotatable bonds is 4. The van der Waals surface area contributed by atoms with Gasteiger partial charge in [0.1, 0.15) is 0 Å². The first kappa shape index (κ1) is 13.3. The monoisotopic (exact) mass is 240 g/mol. The maximum atomic E-state index is 6.41. The van der Waals surface area contributed by atoms with Gasteiger partial charge in [-0.3, -0.25) is 0 Å². The first-order valence-electron chi connectivity index (χ1n) is 7.35. The minimum atomic E-state index is 0.438. The molecule has 2 fully saturated rings. The normalized spacial score (nSPS) is 39.2. The molecule has 0 heterocycles. The molecule has 17 heavy (non-hydrogen) atoms. The van der Waals surface area contributed by atoms with Gasteiger partial charge in [0.05, 0.1) is 12.2 Å². The molecular weight excluding hydrogens is 212 g/mol. The lowest BCUT2D eigenvalue weighted by atomic mass is 9.89. The summed E-state index contributed by atoms with van der Waals surface area (Å²) in [7, 11) is 4.14. The van der Waals surface area contributed by atoms with Gasteiger partial charge in [-0.2, -0.15) is 0 Å². The summed E-state index contributed by atoms with van der Waals surface area (Å²) in [5.41, 5.74) is 0. The van der Waals surface area contributed by atoms with Crippen LogP contribution in [0.4, 0.5) is 0 Å². The van der Waals surface area contributed by atoms with Gasteiger partial charge in [0.15, 0.2) is 0 Å². The van der Waals surface area contributed by atoms with Crippen LogP contribution < -0.4 is 10.6 Å². The number of hydrogen-bond donors (Lipinski definition) is 2. The van der Waals surface area contributed by atoms with Gasteiger partial charge in [-0.05, 0) is 39.8 Å². The van der Waals surface area contributed by atoms with Crippen molar-refractivity contribution >= 4 is 0 Å². The number of nitrogens with one attached hydrogen (secondary N) is 2. The highest BCUT2D eigenvalue weighted by molar-refractivity contribution is 4.86. The Morgan fingerprint density at radius 3 is 1.53 bits per heavy atom. The molecule has 0 saturated heterocycles. The molecule has 2 N–H and O–H groups in total. The van der Waals surface area contributed by atoms with Crippen molar-refractivity contribution in [1.82, 2.24) is 10.6 Å². The molecule has 0 aromatic heterocycles. The maximum Gasteiger partial charge on any atom is 0.0732 e. The van der Waals surface area contributed by atoms with Crippen molar-refractivity contribution in [3.63, 3.8) is 0 Å². The second kappa shape index (κ2) is 6.72. The minimum Gasteiger partial charge on any atom is -0.372 e. The number of hydrogen-bond acceptors (Lipinski definition) is 3. The van der Waals surface area contributed by atoms with Gasteiger partial charge in [0.25, 0.3) is 0 Å². The third-order valence-electron chi connectivity index (χ3n) is 4.50. The molecule has 0 spiro atoms. The van der Waals surface area contributed by atoms with Crippen LogP contribution in [0.2, 0.25) is 0 Å². The van der Waals surface area contributed by atoms with Gasteiger partial charge >= 0.3 is 0 Å². The predicted octanol–water partition coefficient (Wildman–Crippen LogP) is 2.06. The predicted molar refractivity (Wildman–Crippen MR) is 71.3 cm³/mol. The van der Waals surface area contributed by atoms with Crippen LogP contribution in [-0.2, 0) is 4.74 Å². The molecule has 2 rings (SSSR count). The Kier molecular flexibility index (Phi) is 5.26. The SMILES string of the molecule is CNC1CCCCC1OC1CCCCC1NC. The van der Waals surface area contributed by atoms with Crippen LogP contribution in [0.5, 0.6) is 0 Å². The van der Waals surface area contributed by atoms with Gasteiger partial charge in [0, 0.05) is 12.1 Å². The van der Waals surface area contributed by atoms with Crippen molar-refractivity contribution in [2.45, 2.75) is 75.7 Å². The molecule has 3 nitrogen and oxygen atoms in total. The molecule has 4 atom stereocenters. The van der Waals surface area contributed by atoms with E-state index in [1.165, 1.54) is 51.4 Å². The minimum absolute atomic E-state index is 0.438. The van der Waals surface area contributed by atoms with Gasteiger partial charge in [-0.15, -0.1) is 0 Å². The molecule has 0 aromatic rings. The van der Waals surface area contributed by atoms with Crippen molar-refractivity contribution in [2.75, 3.05) is 14.1 Å². The lowest BCUT2D eigenvalue weighted by Gasteiger charge is -2.38. The molecule has 4 unspecified atom stereocenters. The van der Waals surface area contributed by atoms with Crippen molar-refractivity contribution in [3.05, 3.63) is 0 Å². The fourth-order valence-electron chi connectivity index (χ4n) is 3.40. The van der Waals surface area contributed by atoms with E-state index in [4.69, 9.17) is 4.74 Å². The van der Waals surface area contributed by atoms with Gasteiger partial charge in [0.2, 0.25) is 0 Å². The average Bonchev–Trinajstić information content (AvgIpc) is 2.40. The zero-order chi connectivity index (χ0) is 12.1. The summed E-state index contributed by atoms with van der Waals surface area (Å²) in [6.45, 7) is 0. The molecule has 100 valence electrons. The second-order valence-electron chi connectivity index (χ2n) is 5.57. The first-order chi connectivity index (χ1) is 8.35. The molecule has 2 aliphatic carbocycles. The quantitative estimate of drug-likeness (QED) is 0.789. The Bertz CT molecular complexity index is 200. The molecule has 0 radical (unpaired) electrons. The lowest BCUT2D eigenvalue weighted by Crippen LogP contribution is -2.49. The van der Waals surface area contributed by atoms with Crippen LogP contribution in [-0.4, -0.2) is 38.4 Å². The van der Waals surface area contributed by atoms with E-state index in [1.807, 2.05) is 0 Å². The highest BCUT2D eigenvalue weighted by Gasteiger charge is 2.31. The third-order valence-corrected chi connectivity index (χ3v) is 4.50. The fourth-order valence-corrected chi connectivity index (χ4v) is 3.40. The van der Waals surface area contributed by atoms with Crippen molar-refractivity contribution in [1.29, 1.82) is 0 Å². The van der Waals surface area contributed by atoms with Crippen LogP contribution in [0.3, 0.4) is 0 Å². The summed E-state index contributed by atoms with van der Waals surface area (Å²) in [5.74, 6) is 0. The molecule has 0 amide bonds. The smallest absolute Gasteiger partial charge is 0.0732 e. The van der Waals surface area contributed by atoms with E-state index in [9.17, 15) is 0 Å². The highest BCUT2D eigenvalue weighted by Crippen LogP contribution is 2.27. The van der Waals surface area contributed by atoms with Crippen LogP contribution in [0, 0.1) is 0 Å². The van der Waals surface area contributed by atoms with Gasteiger partial charge < -0.3 is 15.4 Å². The maximum absolute atomic E-state index is 6.41. The van der Waals surface area contributed by atoms with E-state index in [0.29, 0.717) is 24.3 Å². The third kappa shape index (κ3) is 3.43. The Labute approximate surface area is 106 Å². The summed E-state index contributed by atoms with van der Waals surface area (Å²) in [6, 6.07) is 1.14. The Morgan fingerprint density at radius 1 is 0.706 bits per heavy atom. The summed E-state index contributed by atoms with van der Waals surface area (Å²) in [6.07, 6.45) is 11.3. The van der Waals surface area contributed by atoms with Crippen LogP contribution >= 0.6 is 0 Å². The zero-order valence-electron chi connectivity index (χ0n) is 11.4. The fraction of sp³-hybridized carbons (Fsp3) is 1.00. The molecule has 0 aliphatic heterocycles. The highest BCUT2D eigenvalue weighted by atomic mass is 16.5. The Morgan fingerprint density at radius 2 is 1.12 bits per heavy atom. The Balaban J connectivity index is 1.88. The summed E-state index contributed by atoms with van der Waals surface area (Å²) in [5, 5.41) is 6.86. The largest absolute Gasteiger partial charge is 0.372 e. The van der Waals surface area contributed by atoms with Crippen molar-refractivity contribution in [2.24, 2.45) is 0 Å². The molecular formula is C14H28N2O. The number of likely N-dealkylation sites (N-methyl/N-ethyl adjacent to an activating group) is 2. The first-order valence-corrected chi connectivity index (χ1v) is 7.35. The molecule has 2 aliphatic rings. The second-order valence-corrected chi connectivity index (χ2v) is 5.57.